The van der Waals surface area contributed by atoms with E-state index in [0.29, 0.717) is 6.54 Å². The van der Waals surface area contributed by atoms with Crippen molar-refractivity contribution in [1.29, 1.82) is 0 Å². The number of likely N-dealkylation sites (tertiary alicyclic amines) is 1. The number of aryl methyl sites for hydroxylation is 1. The molecule has 1 atom stereocenters. The van der Waals surface area contributed by atoms with Crippen molar-refractivity contribution in [2.75, 3.05) is 13.1 Å². The van der Waals surface area contributed by atoms with Crippen molar-refractivity contribution in [1.82, 2.24) is 29.5 Å². The SMILES string of the molecule is Cn1cnnc1C1CCCN1C(=O)NCCn1cccc1. The van der Waals surface area contributed by atoms with Gasteiger partial charge in [0.2, 0.25) is 0 Å². The highest BCUT2D eigenvalue weighted by molar-refractivity contribution is 5.74. The van der Waals surface area contributed by atoms with Gasteiger partial charge in [0.25, 0.3) is 0 Å². The van der Waals surface area contributed by atoms with Crippen LogP contribution in [0, 0.1) is 0 Å². The average molecular weight is 288 g/mol. The molecule has 1 fully saturated rings. The van der Waals surface area contributed by atoms with E-state index < -0.39 is 0 Å². The van der Waals surface area contributed by atoms with Gasteiger partial charge in [-0.3, -0.25) is 0 Å². The minimum Gasteiger partial charge on any atom is -0.353 e. The van der Waals surface area contributed by atoms with Crippen molar-refractivity contribution in [3.63, 3.8) is 0 Å². The summed E-state index contributed by atoms with van der Waals surface area (Å²) in [6.07, 6.45) is 7.60. The van der Waals surface area contributed by atoms with E-state index in [4.69, 9.17) is 0 Å². The highest BCUT2D eigenvalue weighted by atomic mass is 16.2. The van der Waals surface area contributed by atoms with E-state index in [9.17, 15) is 4.79 Å². The van der Waals surface area contributed by atoms with Gasteiger partial charge in [0.15, 0.2) is 5.82 Å². The van der Waals surface area contributed by atoms with Gasteiger partial charge in [-0.05, 0) is 25.0 Å². The second kappa shape index (κ2) is 5.99. The number of carbonyl (C=O) groups excluding carboxylic acids is 1. The molecule has 0 radical (unpaired) electrons. The minimum atomic E-state index is -0.0207. The van der Waals surface area contributed by atoms with Crippen LogP contribution in [0.1, 0.15) is 24.7 Å². The van der Waals surface area contributed by atoms with E-state index in [-0.39, 0.29) is 12.1 Å². The van der Waals surface area contributed by atoms with E-state index in [1.165, 1.54) is 0 Å². The first-order chi connectivity index (χ1) is 10.3. The Hall–Kier alpha value is -2.31. The molecule has 0 spiro atoms. The molecule has 7 nitrogen and oxygen atoms in total. The molecule has 0 aromatic carbocycles. The minimum absolute atomic E-state index is 0.0207. The fraction of sp³-hybridized carbons (Fsp3) is 0.500. The number of nitrogens with one attached hydrogen (secondary N) is 1. The maximum atomic E-state index is 12.3. The van der Waals surface area contributed by atoms with Gasteiger partial charge < -0.3 is 19.4 Å². The zero-order valence-electron chi connectivity index (χ0n) is 12.1. The maximum Gasteiger partial charge on any atom is 0.318 e. The molecular weight excluding hydrogens is 268 g/mol. The average Bonchev–Trinajstić information content (AvgIpc) is 3.18. The van der Waals surface area contributed by atoms with Crippen molar-refractivity contribution in [2.45, 2.75) is 25.4 Å². The van der Waals surface area contributed by atoms with Crippen molar-refractivity contribution in [3.05, 3.63) is 36.7 Å². The van der Waals surface area contributed by atoms with Crippen LogP contribution >= 0.6 is 0 Å². The summed E-state index contributed by atoms with van der Waals surface area (Å²) < 4.78 is 3.93. The van der Waals surface area contributed by atoms with Crippen molar-refractivity contribution in [2.24, 2.45) is 7.05 Å². The first-order valence-corrected chi connectivity index (χ1v) is 7.25. The molecule has 112 valence electrons. The van der Waals surface area contributed by atoms with Crippen LogP contribution in [-0.4, -0.2) is 43.4 Å². The number of carbonyl (C=O) groups is 1. The third-order valence-corrected chi connectivity index (χ3v) is 3.87. The maximum absolute atomic E-state index is 12.3. The third kappa shape index (κ3) is 2.91. The second-order valence-electron chi connectivity index (χ2n) is 5.30. The Bertz CT molecular complexity index is 590. The van der Waals surface area contributed by atoms with Crippen LogP contribution in [0.5, 0.6) is 0 Å². The molecule has 0 saturated carbocycles. The monoisotopic (exact) mass is 288 g/mol. The summed E-state index contributed by atoms with van der Waals surface area (Å²) in [5, 5.41) is 11.0. The van der Waals surface area contributed by atoms with Crippen LogP contribution in [0.4, 0.5) is 4.79 Å². The molecule has 0 aliphatic carbocycles. The number of amides is 2. The van der Waals surface area contributed by atoms with Gasteiger partial charge in [-0.2, -0.15) is 0 Å². The standard InChI is InChI=1S/C14H20N6O/c1-18-11-16-17-13(18)12-5-4-9-20(12)14(21)15-6-10-19-7-2-3-8-19/h2-3,7-8,11-12H,4-6,9-10H2,1H3,(H,15,21). The van der Waals surface area contributed by atoms with Crippen molar-refractivity contribution in [3.8, 4) is 0 Å². The Balaban J connectivity index is 1.57. The molecule has 1 aliphatic rings. The summed E-state index contributed by atoms with van der Waals surface area (Å²) in [5.74, 6) is 0.855. The number of hydrogen-bond donors (Lipinski definition) is 1. The Morgan fingerprint density at radius 3 is 2.95 bits per heavy atom. The Morgan fingerprint density at radius 1 is 1.43 bits per heavy atom. The number of aromatic nitrogens is 4. The fourth-order valence-electron chi connectivity index (χ4n) is 2.78. The summed E-state index contributed by atoms with van der Waals surface area (Å²) in [5.41, 5.74) is 0. The van der Waals surface area contributed by atoms with E-state index >= 15 is 0 Å². The van der Waals surface area contributed by atoms with E-state index in [1.54, 1.807) is 6.33 Å². The molecular formula is C14H20N6O. The zero-order chi connectivity index (χ0) is 14.7. The van der Waals surface area contributed by atoms with Gasteiger partial charge in [0, 0.05) is 39.1 Å². The topological polar surface area (TPSA) is 68.0 Å². The smallest absolute Gasteiger partial charge is 0.318 e. The largest absolute Gasteiger partial charge is 0.353 e. The molecule has 2 amide bonds. The molecule has 1 aliphatic heterocycles. The summed E-state index contributed by atoms with van der Waals surface area (Å²) >= 11 is 0. The lowest BCUT2D eigenvalue weighted by Gasteiger charge is -2.24. The highest BCUT2D eigenvalue weighted by Crippen LogP contribution is 2.30. The normalized spacial score (nSPS) is 18.1. The van der Waals surface area contributed by atoms with E-state index in [2.05, 4.69) is 15.5 Å². The molecule has 7 heteroatoms. The molecule has 1 unspecified atom stereocenters. The molecule has 2 aromatic heterocycles. The zero-order valence-corrected chi connectivity index (χ0v) is 12.1. The van der Waals surface area contributed by atoms with Gasteiger partial charge in [-0.15, -0.1) is 10.2 Å². The lowest BCUT2D eigenvalue weighted by atomic mass is 10.2. The summed E-state index contributed by atoms with van der Waals surface area (Å²) in [6, 6.07) is 3.97. The molecule has 1 N–H and O–H groups in total. The number of rotatable bonds is 4. The number of urea groups is 1. The molecule has 3 heterocycles. The molecule has 3 rings (SSSR count). The molecule has 1 saturated heterocycles. The predicted octanol–water partition coefficient (Wildman–Crippen LogP) is 1.16. The van der Waals surface area contributed by atoms with E-state index in [1.807, 2.05) is 45.6 Å². The van der Waals surface area contributed by atoms with Gasteiger partial charge in [-0.25, -0.2) is 4.79 Å². The van der Waals surface area contributed by atoms with Crippen LogP contribution in [0.2, 0.25) is 0 Å². The molecule has 21 heavy (non-hydrogen) atoms. The predicted molar refractivity (Wildman–Crippen MR) is 77.5 cm³/mol. The van der Waals surface area contributed by atoms with Gasteiger partial charge in [0.1, 0.15) is 6.33 Å². The van der Waals surface area contributed by atoms with Gasteiger partial charge in [-0.1, -0.05) is 0 Å². The van der Waals surface area contributed by atoms with Crippen LogP contribution in [0.15, 0.2) is 30.9 Å². The molecule has 0 bridgehead atoms. The molecule has 2 aromatic rings. The van der Waals surface area contributed by atoms with Crippen LogP contribution in [0.25, 0.3) is 0 Å². The van der Waals surface area contributed by atoms with Crippen LogP contribution in [-0.2, 0) is 13.6 Å². The highest BCUT2D eigenvalue weighted by Gasteiger charge is 2.32. The second-order valence-corrected chi connectivity index (χ2v) is 5.30. The van der Waals surface area contributed by atoms with Crippen molar-refractivity contribution >= 4 is 6.03 Å². The summed E-state index contributed by atoms with van der Waals surface area (Å²) in [4.78, 5) is 14.2. The third-order valence-electron chi connectivity index (χ3n) is 3.87. The quantitative estimate of drug-likeness (QED) is 0.918. The van der Waals surface area contributed by atoms with Crippen LogP contribution < -0.4 is 5.32 Å². The summed E-state index contributed by atoms with van der Waals surface area (Å²) in [6.45, 7) is 2.17. The lowest BCUT2D eigenvalue weighted by molar-refractivity contribution is 0.189. The number of nitrogens with zero attached hydrogens (tertiary/aromatic N) is 5. The van der Waals surface area contributed by atoms with Crippen molar-refractivity contribution < 1.29 is 4.79 Å². The number of hydrogen-bond acceptors (Lipinski definition) is 3. The first kappa shape index (κ1) is 13.7. The van der Waals surface area contributed by atoms with Gasteiger partial charge >= 0.3 is 6.03 Å². The lowest BCUT2D eigenvalue weighted by Crippen LogP contribution is -2.41. The first-order valence-electron chi connectivity index (χ1n) is 7.25. The van der Waals surface area contributed by atoms with Crippen LogP contribution in [0.3, 0.4) is 0 Å². The Labute approximate surface area is 123 Å². The van der Waals surface area contributed by atoms with E-state index in [0.717, 1.165) is 31.8 Å². The Kier molecular flexibility index (Phi) is 3.89. The Morgan fingerprint density at radius 2 is 2.24 bits per heavy atom. The summed E-state index contributed by atoms with van der Waals surface area (Å²) in [7, 11) is 1.91. The fourth-order valence-corrected chi connectivity index (χ4v) is 2.78. The van der Waals surface area contributed by atoms with Gasteiger partial charge in [0.05, 0.1) is 6.04 Å².